The van der Waals surface area contributed by atoms with Crippen LogP contribution in [0.5, 0.6) is 17.2 Å². The van der Waals surface area contributed by atoms with E-state index in [-0.39, 0.29) is 18.2 Å². The lowest BCUT2D eigenvalue weighted by Gasteiger charge is -2.14. The Kier molecular flexibility index (Phi) is 7.11. The number of benzene rings is 1. The van der Waals surface area contributed by atoms with E-state index in [1.54, 1.807) is 21.3 Å². The number of halogens is 1. The van der Waals surface area contributed by atoms with E-state index in [0.717, 1.165) is 31.8 Å². The quantitative estimate of drug-likeness (QED) is 0.365. The van der Waals surface area contributed by atoms with Gasteiger partial charge in [-0.15, -0.1) is 35.1 Å². The van der Waals surface area contributed by atoms with Gasteiger partial charge in [0.15, 0.2) is 16.6 Å². The molecule has 10 heteroatoms. The minimum atomic E-state index is 0. The van der Waals surface area contributed by atoms with Crippen molar-refractivity contribution in [1.82, 2.24) is 4.98 Å². The zero-order valence-electron chi connectivity index (χ0n) is 15.8. The molecule has 0 spiro atoms. The van der Waals surface area contributed by atoms with Crippen molar-refractivity contribution in [2.24, 2.45) is 5.73 Å². The zero-order chi connectivity index (χ0) is 19.6. The molecule has 150 valence electrons. The Morgan fingerprint density at radius 1 is 1.11 bits per heavy atom. The Balaban J connectivity index is 0.00000280. The van der Waals surface area contributed by atoms with E-state index in [1.165, 1.54) is 22.7 Å². The predicted octanol–water partition coefficient (Wildman–Crippen LogP) is 4.66. The molecule has 7 nitrogen and oxygen atoms in total. The van der Waals surface area contributed by atoms with Crippen molar-refractivity contribution in [3.05, 3.63) is 33.3 Å². The summed E-state index contributed by atoms with van der Waals surface area (Å²) < 4.78 is 16.1. The molecule has 0 atom stereocenters. The fraction of sp³-hybridized carbons (Fsp3) is 0.222. The second kappa shape index (κ2) is 9.13. The van der Waals surface area contributed by atoms with E-state index in [1.807, 2.05) is 30.5 Å². The lowest BCUT2D eigenvalue weighted by atomic mass is 10.2. The van der Waals surface area contributed by atoms with Gasteiger partial charge < -0.3 is 25.3 Å². The number of ether oxygens (including phenoxy) is 3. The summed E-state index contributed by atoms with van der Waals surface area (Å²) in [6, 6.07) is 5.55. The Morgan fingerprint density at radius 2 is 1.75 bits per heavy atom. The van der Waals surface area contributed by atoms with Crippen molar-refractivity contribution >= 4 is 51.7 Å². The summed E-state index contributed by atoms with van der Waals surface area (Å²) in [6.07, 6.45) is 0. The van der Waals surface area contributed by atoms with Gasteiger partial charge in [-0.05, 0) is 13.0 Å². The molecule has 2 heterocycles. The standard InChI is InChI=1S/C18H20N4O3S2.ClH/c1-9-11(7-15(27-9)17(19)20)12-8-26-18(22-12)21-10-5-13(23-2)16(25-4)14(6-10)24-3;/h5-8H,1-4H3,(H3,19,20)(H,21,22);1H. The van der Waals surface area contributed by atoms with Gasteiger partial charge in [0.25, 0.3) is 0 Å². The fourth-order valence-electron chi connectivity index (χ4n) is 2.60. The smallest absolute Gasteiger partial charge is 0.203 e. The molecular weight excluding hydrogens is 420 g/mol. The van der Waals surface area contributed by atoms with Gasteiger partial charge in [0.1, 0.15) is 5.84 Å². The number of methoxy groups -OCH3 is 3. The highest BCUT2D eigenvalue weighted by molar-refractivity contribution is 7.15. The van der Waals surface area contributed by atoms with Crippen molar-refractivity contribution in [2.45, 2.75) is 6.92 Å². The second-order valence-electron chi connectivity index (χ2n) is 5.57. The van der Waals surface area contributed by atoms with E-state index in [2.05, 4.69) is 10.3 Å². The molecule has 0 aliphatic heterocycles. The van der Waals surface area contributed by atoms with Crippen LogP contribution >= 0.6 is 35.1 Å². The molecule has 0 radical (unpaired) electrons. The third kappa shape index (κ3) is 4.32. The van der Waals surface area contributed by atoms with Crippen LogP contribution in [0.2, 0.25) is 0 Å². The predicted molar refractivity (Wildman–Crippen MR) is 118 cm³/mol. The van der Waals surface area contributed by atoms with Gasteiger partial charge in [0.2, 0.25) is 5.75 Å². The maximum atomic E-state index is 7.60. The van der Waals surface area contributed by atoms with Crippen LogP contribution in [-0.2, 0) is 0 Å². The van der Waals surface area contributed by atoms with Gasteiger partial charge in [-0.2, -0.15) is 0 Å². The number of amidine groups is 1. The molecule has 3 rings (SSSR count). The molecule has 4 N–H and O–H groups in total. The highest BCUT2D eigenvalue weighted by atomic mass is 35.5. The van der Waals surface area contributed by atoms with Gasteiger partial charge in [-0.1, -0.05) is 0 Å². The molecule has 0 saturated carbocycles. The molecule has 0 bridgehead atoms. The molecule has 3 aromatic rings. The van der Waals surface area contributed by atoms with E-state index in [4.69, 9.17) is 25.4 Å². The van der Waals surface area contributed by atoms with Gasteiger partial charge in [-0.25, -0.2) is 4.98 Å². The van der Waals surface area contributed by atoms with E-state index >= 15 is 0 Å². The number of anilines is 2. The lowest BCUT2D eigenvalue weighted by molar-refractivity contribution is 0.324. The molecule has 0 aliphatic rings. The Labute approximate surface area is 177 Å². The molecule has 0 fully saturated rings. The SMILES string of the molecule is COc1cc(Nc2nc(-c3cc(C(=N)N)sc3C)cs2)cc(OC)c1OC.Cl. The van der Waals surface area contributed by atoms with Crippen LogP contribution in [0.25, 0.3) is 11.3 Å². The summed E-state index contributed by atoms with van der Waals surface area (Å²) in [5.74, 6) is 1.74. The number of thiazole rings is 1. The first-order chi connectivity index (χ1) is 13.0. The number of nitrogens with zero attached hydrogens (tertiary/aromatic N) is 1. The van der Waals surface area contributed by atoms with E-state index in [0.29, 0.717) is 17.2 Å². The van der Waals surface area contributed by atoms with Crippen LogP contribution in [0, 0.1) is 12.3 Å². The number of aromatic nitrogens is 1. The number of aryl methyl sites for hydroxylation is 1. The van der Waals surface area contributed by atoms with Crippen molar-refractivity contribution in [1.29, 1.82) is 5.41 Å². The third-order valence-electron chi connectivity index (χ3n) is 3.88. The average molecular weight is 441 g/mol. The van der Waals surface area contributed by atoms with E-state index < -0.39 is 0 Å². The van der Waals surface area contributed by atoms with Crippen molar-refractivity contribution < 1.29 is 14.2 Å². The van der Waals surface area contributed by atoms with Gasteiger partial charge in [-0.3, -0.25) is 5.41 Å². The minimum Gasteiger partial charge on any atom is -0.493 e. The van der Waals surface area contributed by atoms with Crippen LogP contribution in [0.3, 0.4) is 0 Å². The van der Waals surface area contributed by atoms with Crippen LogP contribution in [0.15, 0.2) is 23.6 Å². The van der Waals surface area contributed by atoms with Crippen LogP contribution in [0.4, 0.5) is 10.8 Å². The first-order valence-corrected chi connectivity index (χ1v) is 9.64. The molecule has 28 heavy (non-hydrogen) atoms. The summed E-state index contributed by atoms with van der Waals surface area (Å²) in [7, 11) is 4.72. The van der Waals surface area contributed by atoms with Crippen molar-refractivity contribution in [3.8, 4) is 28.5 Å². The van der Waals surface area contributed by atoms with Crippen LogP contribution in [0.1, 0.15) is 9.75 Å². The lowest BCUT2D eigenvalue weighted by Crippen LogP contribution is -2.08. The van der Waals surface area contributed by atoms with Crippen molar-refractivity contribution in [2.75, 3.05) is 26.6 Å². The highest BCUT2D eigenvalue weighted by Crippen LogP contribution is 2.41. The Bertz CT molecular complexity index is 962. The molecule has 0 amide bonds. The number of nitrogen functional groups attached to an aromatic ring is 1. The summed E-state index contributed by atoms with van der Waals surface area (Å²) in [5, 5.41) is 13.6. The summed E-state index contributed by atoms with van der Waals surface area (Å²) in [5.41, 5.74) is 8.19. The second-order valence-corrected chi connectivity index (χ2v) is 7.69. The monoisotopic (exact) mass is 440 g/mol. The maximum absolute atomic E-state index is 7.60. The number of nitrogens with two attached hydrogens (primary N) is 1. The highest BCUT2D eigenvalue weighted by Gasteiger charge is 2.15. The Morgan fingerprint density at radius 3 is 2.25 bits per heavy atom. The largest absolute Gasteiger partial charge is 0.493 e. The fourth-order valence-corrected chi connectivity index (χ4v) is 4.22. The number of thiophene rings is 1. The minimum absolute atomic E-state index is 0. The van der Waals surface area contributed by atoms with Gasteiger partial charge >= 0.3 is 0 Å². The average Bonchev–Trinajstić information content (AvgIpc) is 3.27. The summed E-state index contributed by atoms with van der Waals surface area (Å²) in [4.78, 5) is 6.47. The maximum Gasteiger partial charge on any atom is 0.203 e. The molecule has 0 saturated heterocycles. The number of rotatable bonds is 7. The number of nitrogens with one attached hydrogen (secondary N) is 2. The molecule has 0 aliphatic carbocycles. The van der Waals surface area contributed by atoms with Gasteiger partial charge in [0.05, 0.1) is 31.9 Å². The first-order valence-electron chi connectivity index (χ1n) is 7.94. The summed E-state index contributed by atoms with van der Waals surface area (Å²) in [6.45, 7) is 2.00. The topological polar surface area (TPSA) is 102 Å². The van der Waals surface area contributed by atoms with Crippen molar-refractivity contribution in [3.63, 3.8) is 0 Å². The number of hydrogen-bond donors (Lipinski definition) is 3. The molecule has 1 aromatic carbocycles. The Hall–Kier alpha value is -2.49. The number of hydrogen-bond acceptors (Lipinski definition) is 8. The van der Waals surface area contributed by atoms with Crippen LogP contribution < -0.4 is 25.3 Å². The summed E-state index contributed by atoms with van der Waals surface area (Å²) >= 11 is 2.98. The first kappa shape index (κ1) is 21.8. The zero-order valence-corrected chi connectivity index (χ0v) is 18.2. The molecule has 2 aromatic heterocycles. The third-order valence-corrected chi connectivity index (χ3v) is 5.72. The van der Waals surface area contributed by atoms with Crippen LogP contribution in [-0.4, -0.2) is 32.1 Å². The molecular formula is C18H21ClN4O3S2. The normalized spacial score (nSPS) is 10.1. The van der Waals surface area contributed by atoms with Gasteiger partial charge in [0, 0.05) is 33.6 Å². The van der Waals surface area contributed by atoms with E-state index in [9.17, 15) is 0 Å². The molecule has 0 unspecified atom stereocenters.